The third-order valence-electron chi connectivity index (χ3n) is 3.38. The Balaban J connectivity index is 2.38. The summed E-state index contributed by atoms with van der Waals surface area (Å²) in [6.45, 7) is 4.30. The molecule has 0 radical (unpaired) electrons. The zero-order valence-corrected chi connectivity index (χ0v) is 11.6. The number of halogens is 1. The number of nitrogens with two attached hydrogens (primary N) is 1. The Morgan fingerprint density at radius 1 is 1.47 bits per heavy atom. The summed E-state index contributed by atoms with van der Waals surface area (Å²) in [6, 6.07) is 4.91. The lowest BCUT2D eigenvalue weighted by atomic mass is 9.97. The minimum atomic E-state index is -0.899. The normalized spacial score (nSPS) is 18.1. The fourth-order valence-corrected chi connectivity index (χ4v) is 2.30. The number of rotatable bonds is 1. The first-order valence-corrected chi connectivity index (χ1v) is 6.37. The molecule has 1 fully saturated rings. The van der Waals surface area contributed by atoms with Crippen molar-refractivity contribution in [3.05, 3.63) is 28.8 Å². The smallest absolute Gasteiger partial charge is 0.256 e. The first kappa shape index (κ1) is 13.7. The van der Waals surface area contributed by atoms with Crippen LogP contribution >= 0.6 is 11.6 Å². The molecule has 0 aliphatic carbocycles. The predicted molar refractivity (Wildman–Crippen MR) is 74.0 cm³/mol. The van der Waals surface area contributed by atoms with Gasteiger partial charge < -0.3 is 16.0 Å². The van der Waals surface area contributed by atoms with Gasteiger partial charge in [-0.3, -0.25) is 9.59 Å². The van der Waals surface area contributed by atoms with Gasteiger partial charge in [-0.15, -0.1) is 0 Å². The molecule has 0 unspecified atom stereocenters. The molecule has 5 nitrogen and oxygen atoms in total. The van der Waals surface area contributed by atoms with E-state index in [1.54, 1.807) is 32.0 Å². The van der Waals surface area contributed by atoms with E-state index in [4.69, 9.17) is 17.3 Å². The Kier molecular flexibility index (Phi) is 3.41. The fourth-order valence-electron chi connectivity index (χ4n) is 2.12. The monoisotopic (exact) mass is 281 g/mol. The molecule has 2 amide bonds. The van der Waals surface area contributed by atoms with Gasteiger partial charge in [0.1, 0.15) is 5.54 Å². The third kappa shape index (κ3) is 2.26. The maximum atomic E-state index is 12.5. The molecule has 0 atom stereocenters. The van der Waals surface area contributed by atoms with Crippen molar-refractivity contribution in [2.75, 3.05) is 18.8 Å². The van der Waals surface area contributed by atoms with Crippen LogP contribution in [-0.4, -0.2) is 35.3 Å². The van der Waals surface area contributed by atoms with Gasteiger partial charge in [-0.1, -0.05) is 17.7 Å². The van der Waals surface area contributed by atoms with Gasteiger partial charge in [-0.05, 0) is 26.0 Å². The molecule has 0 saturated carbocycles. The van der Waals surface area contributed by atoms with Gasteiger partial charge in [0.15, 0.2) is 0 Å². The van der Waals surface area contributed by atoms with Gasteiger partial charge in [0.05, 0.1) is 16.3 Å². The average Bonchev–Trinajstić information content (AvgIpc) is 2.35. The summed E-state index contributed by atoms with van der Waals surface area (Å²) in [5, 5.41) is 3.08. The molecule has 102 valence electrons. The first-order chi connectivity index (χ1) is 8.85. The van der Waals surface area contributed by atoms with Crippen LogP contribution in [0.3, 0.4) is 0 Å². The highest BCUT2D eigenvalue weighted by Gasteiger charge is 2.41. The van der Waals surface area contributed by atoms with Crippen molar-refractivity contribution in [3.8, 4) is 0 Å². The number of amides is 2. The lowest BCUT2D eigenvalue weighted by molar-refractivity contribution is -0.133. The van der Waals surface area contributed by atoms with Crippen molar-refractivity contribution in [2.24, 2.45) is 0 Å². The number of hydrogen-bond acceptors (Lipinski definition) is 3. The second-order valence-corrected chi connectivity index (χ2v) is 5.38. The summed E-state index contributed by atoms with van der Waals surface area (Å²) in [5.74, 6) is -0.451. The maximum absolute atomic E-state index is 12.5. The van der Waals surface area contributed by atoms with E-state index in [0.29, 0.717) is 23.7 Å². The number of carbonyl (C=O) groups excluding carboxylic acids is 2. The van der Waals surface area contributed by atoms with E-state index in [1.807, 2.05) is 0 Å². The zero-order chi connectivity index (χ0) is 14.2. The van der Waals surface area contributed by atoms with E-state index >= 15 is 0 Å². The summed E-state index contributed by atoms with van der Waals surface area (Å²) in [6.07, 6.45) is 0. The van der Waals surface area contributed by atoms with Crippen LogP contribution in [-0.2, 0) is 4.79 Å². The summed E-state index contributed by atoms with van der Waals surface area (Å²) in [4.78, 5) is 25.9. The van der Waals surface area contributed by atoms with Gasteiger partial charge in [0.25, 0.3) is 5.91 Å². The molecule has 0 spiro atoms. The zero-order valence-electron chi connectivity index (χ0n) is 10.9. The van der Waals surface area contributed by atoms with Crippen LogP contribution in [0.25, 0.3) is 0 Å². The van der Waals surface area contributed by atoms with Crippen LogP contribution in [0, 0.1) is 0 Å². The van der Waals surface area contributed by atoms with Gasteiger partial charge in [0, 0.05) is 13.1 Å². The second-order valence-electron chi connectivity index (χ2n) is 4.97. The van der Waals surface area contributed by atoms with Gasteiger partial charge >= 0.3 is 0 Å². The van der Waals surface area contributed by atoms with Crippen molar-refractivity contribution in [1.29, 1.82) is 0 Å². The average molecular weight is 282 g/mol. The molecule has 6 heteroatoms. The lowest BCUT2D eigenvalue weighted by Gasteiger charge is -2.41. The lowest BCUT2D eigenvalue weighted by Crippen LogP contribution is -2.63. The number of piperazine rings is 1. The first-order valence-electron chi connectivity index (χ1n) is 6.00. The maximum Gasteiger partial charge on any atom is 0.256 e. The van der Waals surface area contributed by atoms with Crippen molar-refractivity contribution < 1.29 is 9.59 Å². The van der Waals surface area contributed by atoms with Crippen molar-refractivity contribution in [1.82, 2.24) is 10.2 Å². The molecule has 1 aromatic carbocycles. The standard InChI is InChI=1S/C13H16ClN3O2/c1-13(2)12(19)16-6-7-17(13)11(18)8-4-3-5-9(14)10(8)15/h3-5H,6-7,15H2,1-2H3,(H,16,19). The van der Waals surface area contributed by atoms with Crippen LogP contribution in [0.4, 0.5) is 5.69 Å². The molecule has 2 rings (SSSR count). The van der Waals surface area contributed by atoms with Crippen LogP contribution in [0.15, 0.2) is 18.2 Å². The van der Waals surface area contributed by atoms with E-state index in [0.717, 1.165) is 0 Å². The highest BCUT2D eigenvalue weighted by Crippen LogP contribution is 2.27. The molecule has 1 aromatic rings. The molecular weight excluding hydrogens is 266 g/mol. The molecule has 1 aliphatic heterocycles. The summed E-state index contributed by atoms with van der Waals surface area (Å²) < 4.78 is 0. The number of nitrogen functional groups attached to an aromatic ring is 1. The number of nitrogens with zero attached hydrogens (tertiary/aromatic N) is 1. The van der Waals surface area contributed by atoms with Crippen LogP contribution in [0.5, 0.6) is 0 Å². The van der Waals surface area contributed by atoms with Crippen LogP contribution in [0.2, 0.25) is 5.02 Å². The van der Waals surface area contributed by atoms with Crippen molar-refractivity contribution in [2.45, 2.75) is 19.4 Å². The Labute approximate surface area is 116 Å². The third-order valence-corrected chi connectivity index (χ3v) is 3.71. The highest BCUT2D eigenvalue weighted by atomic mass is 35.5. The van der Waals surface area contributed by atoms with Crippen LogP contribution < -0.4 is 11.1 Å². The number of nitrogens with one attached hydrogen (secondary N) is 1. The van der Waals surface area contributed by atoms with E-state index < -0.39 is 5.54 Å². The predicted octanol–water partition coefficient (Wildman–Crippen LogP) is 1.27. The molecule has 1 saturated heterocycles. The van der Waals surface area contributed by atoms with Gasteiger partial charge in [0.2, 0.25) is 5.91 Å². The highest BCUT2D eigenvalue weighted by molar-refractivity contribution is 6.34. The molecule has 0 bridgehead atoms. The van der Waals surface area contributed by atoms with Gasteiger partial charge in [-0.25, -0.2) is 0 Å². The Bertz CT molecular complexity index is 543. The molecule has 0 aromatic heterocycles. The molecular formula is C13H16ClN3O2. The molecule has 1 heterocycles. The Morgan fingerprint density at radius 3 is 2.84 bits per heavy atom. The number of hydrogen-bond donors (Lipinski definition) is 2. The van der Waals surface area contributed by atoms with Crippen molar-refractivity contribution in [3.63, 3.8) is 0 Å². The molecule has 3 N–H and O–H groups in total. The fraction of sp³-hybridized carbons (Fsp3) is 0.385. The quantitative estimate of drug-likeness (QED) is 0.761. The van der Waals surface area contributed by atoms with Gasteiger partial charge in [-0.2, -0.15) is 0 Å². The minimum Gasteiger partial charge on any atom is -0.397 e. The van der Waals surface area contributed by atoms with E-state index in [2.05, 4.69) is 5.32 Å². The minimum absolute atomic E-state index is 0.173. The number of benzene rings is 1. The number of anilines is 1. The summed E-state index contributed by atoms with van der Waals surface area (Å²) >= 11 is 5.92. The molecule has 1 aliphatic rings. The Morgan fingerprint density at radius 2 is 2.16 bits per heavy atom. The largest absolute Gasteiger partial charge is 0.397 e. The SMILES string of the molecule is CC1(C)C(=O)NCCN1C(=O)c1cccc(Cl)c1N. The number of carbonyl (C=O) groups is 2. The van der Waals surface area contributed by atoms with E-state index in [-0.39, 0.29) is 17.5 Å². The summed E-state index contributed by atoms with van der Waals surface area (Å²) in [7, 11) is 0. The van der Waals surface area contributed by atoms with Crippen LogP contribution in [0.1, 0.15) is 24.2 Å². The topological polar surface area (TPSA) is 75.4 Å². The number of para-hydroxylation sites is 1. The Hall–Kier alpha value is -1.75. The van der Waals surface area contributed by atoms with E-state index in [9.17, 15) is 9.59 Å². The van der Waals surface area contributed by atoms with Crippen molar-refractivity contribution >= 4 is 29.1 Å². The molecule has 19 heavy (non-hydrogen) atoms. The summed E-state index contributed by atoms with van der Waals surface area (Å²) in [5.41, 5.74) is 5.51. The second kappa shape index (κ2) is 4.74. The van der Waals surface area contributed by atoms with E-state index in [1.165, 1.54) is 4.90 Å².